The van der Waals surface area contributed by atoms with Crippen molar-refractivity contribution >= 4 is 23.0 Å². The van der Waals surface area contributed by atoms with Crippen LogP contribution in [0.25, 0.3) is 0 Å². The third kappa shape index (κ3) is 4.23. The SMILES string of the molecule is CC(C)c1ccccc1N1CC(C(=O)Nc2ccc(C(C)(C)C)cc2)c2ccccc21. The summed E-state index contributed by atoms with van der Waals surface area (Å²) in [6, 6.07) is 25.0. The first-order valence-electron chi connectivity index (χ1n) is 11.1. The van der Waals surface area contributed by atoms with Crippen molar-refractivity contribution in [2.24, 2.45) is 0 Å². The number of carbonyl (C=O) groups is 1. The summed E-state index contributed by atoms with van der Waals surface area (Å²) >= 11 is 0. The minimum Gasteiger partial charge on any atom is -0.340 e. The van der Waals surface area contributed by atoms with Gasteiger partial charge in [0.15, 0.2) is 0 Å². The summed E-state index contributed by atoms with van der Waals surface area (Å²) in [7, 11) is 0. The van der Waals surface area contributed by atoms with Crippen LogP contribution in [0.3, 0.4) is 0 Å². The maximum Gasteiger partial charge on any atom is 0.233 e. The number of hydrogen-bond acceptors (Lipinski definition) is 2. The molecule has 0 bridgehead atoms. The van der Waals surface area contributed by atoms with Gasteiger partial charge in [-0.3, -0.25) is 4.79 Å². The third-order valence-electron chi connectivity index (χ3n) is 6.15. The lowest BCUT2D eigenvalue weighted by molar-refractivity contribution is -0.117. The molecular weight excluding hydrogens is 380 g/mol. The molecule has 1 atom stereocenters. The topological polar surface area (TPSA) is 32.3 Å². The second-order valence-corrected chi connectivity index (χ2v) is 9.75. The number of anilines is 3. The number of fused-ring (bicyclic) bond motifs is 1. The Labute approximate surface area is 186 Å². The Morgan fingerprint density at radius 1 is 0.903 bits per heavy atom. The van der Waals surface area contributed by atoms with Crippen molar-refractivity contribution in [1.29, 1.82) is 0 Å². The highest BCUT2D eigenvalue weighted by atomic mass is 16.1. The lowest BCUT2D eigenvalue weighted by Crippen LogP contribution is -2.26. The van der Waals surface area contributed by atoms with E-state index in [0.29, 0.717) is 12.5 Å². The fourth-order valence-electron chi connectivity index (χ4n) is 4.36. The summed E-state index contributed by atoms with van der Waals surface area (Å²) in [4.78, 5) is 15.6. The molecule has 31 heavy (non-hydrogen) atoms. The molecule has 4 rings (SSSR count). The standard InChI is InChI=1S/C28H32N2O/c1-19(2)22-10-6-8-12-25(22)30-18-24(23-11-7-9-13-26(23)30)27(31)29-21-16-14-20(15-17-21)28(3,4)5/h6-17,19,24H,18H2,1-5H3,(H,29,31). The largest absolute Gasteiger partial charge is 0.340 e. The van der Waals surface area contributed by atoms with Crippen LogP contribution in [-0.2, 0) is 10.2 Å². The molecule has 1 unspecified atom stereocenters. The van der Waals surface area contributed by atoms with Gasteiger partial charge in [0.05, 0.1) is 5.92 Å². The summed E-state index contributed by atoms with van der Waals surface area (Å²) in [6.07, 6.45) is 0. The number of nitrogens with one attached hydrogen (secondary N) is 1. The summed E-state index contributed by atoms with van der Waals surface area (Å²) in [5, 5.41) is 3.15. The minimum absolute atomic E-state index is 0.0421. The first-order valence-corrected chi connectivity index (χ1v) is 11.1. The zero-order chi connectivity index (χ0) is 22.2. The van der Waals surface area contributed by atoms with Gasteiger partial charge in [-0.2, -0.15) is 0 Å². The molecule has 0 radical (unpaired) electrons. The number of rotatable bonds is 4. The van der Waals surface area contributed by atoms with E-state index >= 15 is 0 Å². The van der Waals surface area contributed by atoms with Gasteiger partial charge in [0.2, 0.25) is 5.91 Å². The Hall–Kier alpha value is -3.07. The van der Waals surface area contributed by atoms with Crippen LogP contribution in [-0.4, -0.2) is 12.5 Å². The van der Waals surface area contributed by atoms with Crippen LogP contribution in [0, 0.1) is 0 Å². The van der Waals surface area contributed by atoms with Crippen LogP contribution in [0.1, 0.15) is 63.1 Å². The van der Waals surface area contributed by atoms with Crippen molar-refractivity contribution in [2.45, 2.75) is 51.9 Å². The van der Waals surface area contributed by atoms with Crippen LogP contribution in [0.5, 0.6) is 0 Å². The summed E-state index contributed by atoms with van der Waals surface area (Å²) in [5.41, 5.74) is 6.90. The molecule has 3 nitrogen and oxygen atoms in total. The second kappa shape index (κ2) is 8.22. The predicted molar refractivity (Wildman–Crippen MR) is 130 cm³/mol. The van der Waals surface area contributed by atoms with Crippen molar-refractivity contribution in [3.63, 3.8) is 0 Å². The Bertz CT molecular complexity index is 1080. The number of amides is 1. The van der Waals surface area contributed by atoms with Crippen LogP contribution < -0.4 is 10.2 Å². The fraction of sp³-hybridized carbons (Fsp3) is 0.321. The van der Waals surface area contributed by atoms with E-state index in [1.807, 2.05) is 18.2 Å². The van der Waals surface area contributed by atoms with E-state index in [-0.39, 0.29) is 17.2 Å². The van der Waals surface area contributed by atoms with E-state index in [2.05, 4.69) is 99.4 Å². The normalized spacial score (nSPS) is 15.8. The molecule has 1 heterocycles. The van der Waals surface area contributed by atoms with Crippen molar-refractivity contribution in [1.82, 2.24) is 0 Å². The third-order valence-corrected chi connectivity index (χ3v) is 6.15. The number of benzene rings is 3. The number of nitrogens with zero attached hydrogens (tertiary/aromatic N) is 1. The Kier molecular flexibility index (Phi) is 5.62. The molecule has 3 aromatic carbocycles. The molecular formula is C28H32N2O. The molecule has 3 aromatic rings. The monoisotopic (exact) mass is 412 g/mol. The lowest BCUT2D eigenvalue weighted by atomic mass is 9.87. The first kappa shape index (κ1) is 21.2. The van der Waals surface area contributed by atoms with E-state index < -0.39 is 0 Å². The average molecular weight is 413 g/mol. The summed E-state index contributed by atoms with van der Waals surface area (Å²) in [5.74, 6) is 0.247. The van der Waals surface area contributed by atoms with Gasteiger partial charge in [-0.15, -0.1) is 0 Å². The minimum atomic E-state index is -0.210. The van der Waals surface area contributed by atoms with Gasteiger partial charge >= 0.3 is 0 Å². The quantitative estimate of drug-likeness (QED) is 0.501. The number of carbonyl (C=O) groups excluding carboxylic acids is 1. The highest BCUT2D eigenvalue weighted by molar-refractivity contribution is 5.99. The van der Waals surface area contributed by atoms with Gasteiger partial charge in [-0.25, -0.2) is 0 Å². The zero-order valence-corrected chi connectivity index (χ0v) is 19.1. The predicted octanol–water partition coefficient (Wildman–Crippen LogP) is 6.98. The summed E-state index contributed by atoms with van der Waals surface area (Å²) < 4.78 is 0. The Morgan fingerprint density at radius 2 is 1.52 bits per heavy atom. The molecule has 1 N–H and O–H groups in total. The molecule has 0 saturated heterocycles. The zero-order valence-electron chi connectivity index (χ0n) is 19.1. The Morgan fingerprint density at radius 3 is 2.16 bits per heavy atom. The molecule has 1 aliphatic rings. The average Bonchev–Trinajstić information content (AvgIpc) is 3.13. The highest BCUT2D eigenvalue weighted by Crippen LogP contribution is 2.43. The smallest absolute Gasteiger partial charge is 0.233 e. The number of para-hydroxylation sites is 2. The van der Waals surface area contributed by atoms with Crippen LogP contribution in [0.15, 0.2) is 72.8 Å². The fourth-order valence-corrected chi connectivity index (χ4v) is 4.36. The molecule has 1 aliphatic heterocycles. The van der Waals surface area contributed by atoms with E-state index in [4.69, 9.17) is 0 Å². The maximum atomic E-state index is 13.3. The van der Waals surface area contributed by atoms with Crippen molar-refractivity contribution in [3.05, 3.63) is 89.5 Å². The first-order chi connectivity index (χ1) is 14.8. The van der Waals surface area contributed by atoms with Crippen LogP contribution in [0.4, 0.5) is 17.1 Å². The molecule has 0 spiro atoms. The van der Waals surface area contributed by atoms with E-state index in [0.717, 1.165) is 16.9 Å². The molecule has 0 saturated carbocycles. The van der Waals surface area contributed by atoms with E-state index in [1.165, 1.54) is 16.8 Å². The van der Waals surface area contributed by atoms with Gasteiger partial charge in [-0.1, -0.05) is 83.1 Å². The maximum absolute atomic E-state index is 13.3. The Balaban J connectivity index is 1.61. The highest BCUT2D eigenvalue weighted by Gasteiger charge is 2.35. The van der Waals surface area contributed by atoms with Gasteiger partial charge in [-0.05, 0) is 52.3 Å². The second-order valence-electron chi connectivity index (χ2n) is 9.75. The van der Waals surface area contributed by atoms with Crippen molar-refractivity contribution in [2.75, 3.05) is 16.8 Å². The van der Waals surface area contributed by atoms with E-state index in [9.17, 15) is 4.79 Å². The van der Waals surface area contributed by atoms with Crippen LogP contribution >= 0.6 is 0 Å². The van der Waals surface area contributed by atoms with Gasteiger partial charge in [0.25, 0.3) is 0 Å². The van der Waals surface area contributed by atoms with Crippen molar-refractivity contribution in [3.8, 4) is 0 Å². The number of hydrogen-bond donors (Lipinski definition) is 1. The van der Waals surface area contributed by atoms with Crippen LogP contribution in [0.2, 0.25) is 0 Å². The molecule has 1 amide bonds. The lowest BCUT2D eigenvalue weighted by Gasteiger charge is -2.24. The van der Waals surface area contributed by atoms with Gasteiger partial charge in [0.1, 0.15) is 0 Å². The van der Waals surface area contributed by atoms with Gasteiger partial charge < -0.3 is 10.2 Å². The molecule has 0 fully saturated rings. The molecule has 0 aliphatic carbocycles. The summed E-state index contributed by atoms with van der Waals surface area (Å²) in [6.45, 7) is 11.7. The van der Waals surface area contributed by atoms with E-state index in [1.54, 1.807) is 0 Å². The molecule has 3 heteroatoms. The van der Waals surface area contributed by atoms with Crippen molar-refractivity contribution < 1.29 is 4.79 Å². The molecule has 0 aromatic heterocycles. The molecule has 160 valence electrons. The van der Waals surface area contributed by atoms with Gasteiger partial charge in [0, 0.05) is 23.6 Å².